The standard InChI is InChI=1S/C21H21NO5/c1-21(20(24)25)15-7-5-4-6-13(15)19(23)22-9-8-12-10-16(26-2)17(27-3)11-14(12)18(21)22/h4-7,10-11,18H,8-9H2,1-3H3,(H,24,25)/t18-,21+/m0/s1. The summed E-state index contributed by atoms with van der Waals surface area (Å²) >= 11 is 0. The lowest BCUT2D eigenvalue weighted by Crippen LogP contribution is -2.56. The topological polar surface area (TPSA) is 76.1 Å². The molecule has 0 aliphatic carbocycles. The molecule has 0 radical (unpaired) electrons. The van der Waals surface area contributed by atoms with Crippen LogP contribution in [-0.2, 0) is 16.6 Å². The number of benzene rings is 2. The first-order valence-electron chi connectivity index (χ1n) is 8.82. The van der Waals surface area contributed by atoms with E-state index in [0.29, 0.717) is 35.6 Å². The van der Waals surface area contributed by atoms with E-state index in [0.717, 1.165) is 11.1 Å². The van der Waals surface area contributed by atoms with Gasteiger partial charge >= 0.3 is 5.97 Å². The lowest BCUT2D eigenvalue weighted by atomic mass is 9.66. The van der Waals surface area contributed by atoms with Crippen molar-refractivity contribution in [3.8, 4) is 11.5 Å². The smallest absolute Gasteiger partial charge is 0.316 e. The summed E-state index contributed by atoms with van der Waals surface area (Å²) in [5.41, 5.74) is 1.52. The zero-order valence-electron chi connectivity index (χ0n) is 15.5. The van der Waals surface area contributed by atoms with E-state index in [1.54, 1.807) is 50.3 Å². The summed E-state index contributed by atoms with van der Waals surface area (Å²) in [5, 5.41) is 10.2. The van der Waals surface area contributed by atoms with Crippen LogP contribution >= 0.6 is 0 Å². The van der Waals surface area contributed by atoms with Gasteiger partial charge in [-0.1, -0.05) is 18.2 Å². The minimum Gasteiger partial charge on any atom is -0.493 e. The number of amides is 1. The first-order chi connectivity index (χ1) is 12.9. The molecule has 1 N–H and O–H groups in total. The van der Waals surface area contributed by atoms with Crippen molar-refractivity contribution in [3.05, 3.63) is 58.7 Å². The molecule has 2 aromatic carbocycles. The fourth-order valence-electron chi connectivity index (χ4n) is 4.44. The molecule has 0 saturated heterocycles. The van der Waals surface area contributed by atoms with Gasteiger partial charge < -0.3 is 19.5 Å². The largest absolute Gasteiger partial charge is 0.493 e. The molecular formula is C21H21NO5. The fourth-order valence-corrected chi connectivity index (χ4v) is 4.44. The van der Waals surface area contributed by atoms with Crippen molar-refractivity contribution in [3.63, 3.8) is 0 Å². The summed E-state index contributed by atoms with van der Waals surface area (Å²) in [7, 11) is 3.11. The van der Waals surface area contributed by atoms with Crippen molar-refractivity contribution in [2.24, 2.45) is 0 Å². The number of ether oxygens (including phenoxy) is 2. The third kappa shape index (κ3) is 2.25. The van der Waals surface area contributed by atoms with Gasteiger partial charge in [0.2, 0.25) is 0 Å². The Morgan fingerprint density at radius 2 is 1.85 bits per heavy atom. The van der Waals surface area contributed by atoms with E-state index >= 15 is 0 Å². The molecule has 6 heteroatoms. The Kier molecular flexibility index (Phi) is 3.87. The molecule has 2 aromatic rings. The van der Waals surface area contributed by atoms with Crippen molar-refractivity contribution in [2.75, 3.05) is 20.8 Å². The number of fused-ring (bicyclic) bond motifs is 4. The highest BCUT2D eigenvalue weighted by molar-refractivity contribution is 6.02. The Labute approximate surface area is 157 Å². The van der Waals surface area contributed by atoms with Gasteiger partial charge in [-0.3, -0.25) is 9.59 Å². The monoisotopic (exact) mass is 367 g/mol. The molecule has 0 aromatic heterocycles. The first kappa shape index (κ1) is 17.4. The van der Waals surface area contributed by atoms with E-state index in [2.05, 4.69) is 0 Å². The van der Waals surface area contributed by atoms with E-state index in [4.69, 9.17) is 9.47 Å². The van der Waals surface area contributed by atoms with Crippen LogP contribution in [0.15, 0.2) is 36.4 Å². The summed E-state index contributed by atoms with van der Waals surface area (Å²) in [6.45, 7) is 2.16. The predicted molar refractivity (Wildman–Crippen MR) is 98.5 cm³/mol. The quantitative estimate of drug-likeness (QED) is 0.903. The van der Waals surface area contributed by atoms with Gasteiger partial charge in [0.15, 0.2) is 11.5 Å². The number of rotatable bonds is 3. The molecule has 2 aliphatic rings. The lowest BCUT2D eigenvalue weighted by Gasteiger charge is -2.49. The van der Waals surface area contributed by atoms with Gasteiger partial charge in [0, 0.05) is 12.1 Å². The minimum atomic E-state index is -1.26. The van der Waals surface area contributed by atoms with Crippen molar-refractivity contribution >= 4 is 11.9 Å². The van der Waals surface area contributed by atoms with Crippen LogP contribution in [0.2, 0.25) is 0 Å². The van der Waals surface area contributed by atoms with Crippen LogP contribution in [-0.4, -0.2) is 42.6 Å². The van der Waals surface area contributed by atoms with Crippen LogP contribution in [0.1, 0.15) is 40.0 Å². The molecule has 2 atom stereocenters. The molecule has 0 unspecified atom stereocenters. The Balaban J connectivity index is 2.01. The number of carboxylic acids is 1. The zero-order chi connectivity index (χ0) is 19.3. The van der Waals surface area contributed by atoms with E-state index < -0.39 is 17.4 Å². The second-order valence-corrected chi connectivity index (χ2v) is 7.11. The third-order valence-electron chi connectivity index (χ3n) is 5.84. The molecule has 1 amide bonds. The zero-order valence-corrected chi connectivity index (χ0v) is 15.5. The van der Waals surface area contributed by atoms with Crippen molar-refractivity contribution in [2.45, 2.75) is 24.8 Å². The maximum atomic E-state index is 13.1. The third-order valence-corrected chi connectivity index (χ3v) is 5.84. The van der Waals surface area contributed by atoms with Gasteiger partial charge in [-0.25, -0.2) is 0 Å². The van der Waals surface area contributed by atoms with Gasteiger partial charge in [-0.2, -0.15) is 0 Å². The van der Waals surface area contributed by atoms with Gasteiger partial charge in [-0.15, -0.1) is 0 Å². The molecule has 4 rings (SSSR count). The number of carbonyl (C=O) groups excluding carboxylic acids is 1. The highest BCUT2D eigenvalue weighted by Crippen LogP contribution is 2.51. The van der Waals surface area contributed by atoms with E-state index in [1.165, 1.54) is 0 Å². The molecule has 140 valence electrons. The molecule has 0 saturated carbocycles. The van der Waals surface area contributed by atoms with Crippen molar-refractivity contribution in [1.29, 1.82) is 0 Å². The lowest BCUT2D eigenvalue weighted by molar-refractivity contribution is -0.146. The summed E-state index contributed by atoms with van der Waals surface area (Å²) in [5.74, 6) is 0.0382. The van der Waals surface area contributed by atoms with Crippen LogP contribution in [0, 0.1) is 0 Å². The molecular weight excluding hydrogens is 346 g/mol. The molecule has 0 fully saturated rings. The minimum absolute atomic E-state index is 0.130. The Morgan fingerprint density at radius 1 is 1.19 bits per heavy atom. The van der Waals surface area contributed by atoms with Crippen LogP contribution < -0.4 is 9.47 Å². The van der Waals surface area contributed by atoms with Crippen molar-refractivity contribution < 1.29 is 24.2 Å². The molecule has 0 bridgehead atoms. The number of methoxy groups -OCH3 is 2. The SMILES string of the molecule is COc1cc2c(cc1OC)[C@@H]1N(CC2)C(=O)c2ccccc2[C@@]1(C)C(=O)O. The number of hydrogen-bond acceptors (Lipinski definition) is 4. The summed E-state index contributed by atoms with van der Waals surface area (Å²) < 4.78 is 10.8. The first-order valence-corrected chi connectivity index (χ1v) is 8.82. The second-order valence-electron chi connectivity index (χ2n) is 7.11. The average molecular weight is 367 g/mol. The van der Waals surface area contributed by atoms with Gasteiger partial charge in [0.1, 0.15) is 5.41 Å². The number of nitrogens with zero attached hydrogens (tertiary/aromatic N) is 1. The van der Waals surface area contributed by atoms with E-state index in [-0.39, 0.29) is 5.91 Å². The summed E-state index contributed by atoms with van der Waals surface area (Å²) in [6, 6.07) is 10.1. The van der Waals surface area contributed by atoms with Crippen molar-refractivity contribution in [1.82, 2.24) is 4.90 Å². The Hall–Kier alpha value is -3.02. The Bertz CT molecular complexity index is 954. The van der Waals surface area contributed by atoms with Crippen LogP contribution in [0.25, 0.3) is 0 Å². The van der Waals surface area contributed by atoms with Crippen LogP contribution in [0.5, 0.6) is 11.5 Å². The highest BCUT2D eigenvalue weighted by atomic mass is 16.5. The van der Waals surface area contributed by atoms with E-state index in [9.17, 15) is 14.7 Å². The molecule has 6 nitrogen and oxygen atoms in total. The second kappa shape index (κ2) is 6.01. The fraction of sp³-hybridized carbons (Fsp3) is 0.333. The predicted octanol–water partition coefficient (Wildman–Crippen LogP) is 2.80. The van der Waals surface area contributed by atoms with E-state index in [1.807, 2.05) is 12.1 Å². The molecule has 2 aliphatic heterocycles. The normalized spacial score (nSPS) is 23.1. The Morgan fingerprint density at radius 3 is 2.52 bits per heavy atom. The van der Waals surface area contributed by atoms with Gasteiger partial charge in [0.05, 0.1) is 20.3 Å². The number of hydrogen-bond donors (Lipinski definition) is 1. The number of carboxylic acid groups (broad SMARTS) is 1. The van der Waals surface area contributed by atoms with Gasteiger partial charge in [0.25, 0.3) is 5.91 Å². The maximum absolute atomic E-state index is 13.1. The van der Waals surface area contributed by atoms with Crippen LogP contribution in [0.4, 0.5) is 0 Å². The highest BCUT2D eigenvalue weighted by Gasteiger charge is 2.55. The summed E-state index contributed by atoms with van der Waals surface area (Å²) in [4.78, 5) is 27.3. The summed E-state index contributed by atoms with van der Waals surface area (Å²) in [6.07, 6.45) is 0.635. The van der Waals surface area contributed by atoms with Crippen LogP contribution in [0.3, 0.4) is 0 Å². The maximum Gasteiger partial charge on any atom is 0.316 e. The number of aliphatic carboxylic acids is 1. The van der Waals surface area contributed by atoms with Gasteiger partial charge in [-0.05, 0) is 48.2 Å². The molecule has 27 heavy (non-hydrogen) atoms. The molecule has 2 heterocycles. The average Bonchev–Trinajstić information content (AvgIpc) is 2.69. The molecule has 0 spiro atoms. The number of carbonyl (C=O) groups is 2.